The molecular weight excluding hydrogens is 198 g/mol. The van der Waals surface area contributed by atoms with Gasteiger partial charge in [0.2, 0.25) is 0 Å². The van der Waals surface area contributed by atoms with E-state index in [1.807, 2.05) is 6.92 Å². The molecule has 0 saturated heterocycles. The lowest BCUT2D eigenvalue weighted by Gasteiger charge is -2.01. The van der Waals surface area contributed by atoms with E-state index in [1.54, 1.807) is 6.08 Å². The van der Waals surface area contributed by atoms with Gasteiger partial charge in [0, 0.05) is 12.6 Å². The maximum atomic E-state index is 10.9. The third-order valence-corrected chi connectivity index (χ3v) is 1.57. The minimum absolute atomic E-state index is 0.0586. The molecule has 0 aliphatic rings. The molecule has 0 aliphatic heterocycles. The molecule has 0 saturated carbocycles. The minimum atomic E-state index is -0.856. The van der Waals surface area contributed by atoms with Crippen LogP contribution in [0.2, 0.25) is 0 Å². The summed E-state index contributed by atoms with van der Waals surface area (Å²) >= 11 is 0. The van der Waals surface area contributed by atoms with Crippen LogP contribution in [0.15, 0.2) is 12.3 Å². The summed E-state index contributed by atoms with van der Waals surface area (Å²) in [6.07, 6.45) is 4.74. The van der Waals surface area contributed by atoms with Crippen molar-refractivity contribution in [3.05, 3.63) is 12.3 Å². The third-order valence-electron chi connectivity index (χ3n) is 1.57. The summed E-state index contributed by atoms with van der Waals surface area (Å²) in [7, 11) is 0. The summed E-state index contributed by atoms with van der Waals surface area (Å²) < 4.78 is 4.79. The van der Waals surface area contributed by atoms with Gasteiger partial charge in [0.25, 0.3) is 0 Å². The number of amides is 1. The molecule has 0 aromatic rings. The van der Waals surface area contributed by atoms with E-state index < -0.39 is 12.1 Å². The van der Waals surface area contributed by atoms with E-state index in [0.717, 1.165) is 12.8 Å². The number of carbonyl (C=O) groups is 2. The molecule has 86 valence electrons. The average molecular weight is 215 g/mol. The molecule has 0 rings (SSSR count). The van der Waals surface area contributed by atoms with Crippen LogP contribution < -0.4 is 5.32 Å². The second kappa shape index (κ2) is 9.05. The Morgan fingerprint density at radius 1 is 1.47 bits per heavy atom. The maximum absolute atomic E-state index is 10.9. The number of hydrogen-bond acceptors (Lipinski definition) is 3. The zero-order valence-electron chi connectivity index (χ0n) is 8.86. The Morgan fingerprint density at radius 3 is 2.80 bits per heavy atom. The van der Waals surface area contributed by atoms with Crippen LogP contribution >= 0.6 is 0 Å². The van der Waals surface area contributed by atoms with Gasteiger partial charge < -0.3 is 9.84 Å². The van der Waals surface area contributed by atoms with E-state index in [9.17, 15) is 9.59 Å². The maximum Gasteiger partial charge on any atom is 0.411 e. The lowest BCUT2D eigenvalue weighted by molar-refractivity contribution is -0.136. The van der Waals surface area contributed by atoms with Gasteiger partial charge >= 0.3 is 12.1 Å². The number of allylic oxidation sites excluding steroid dienone is 1. The number of alkyl carbamates (subject to hydrolysis) is 1. The molecule has 0 fully saturated rings. The van der Waals surface area contributed by atoms with Crippen LogP contribution in [0.4, 0.5) is 4.79 Å². The minimum Gasteiger partial charge on any atom is -0.481 e. The lowest BCUT2D eigenvalue weighted by atomic mass is 10.3. The Hall–Kier alpha value is -1.52. The van der Waals surface area contributed by atoms with Crippen LogP contribution in [-0.2, 0) is 9.53 Å². The molecule has 0 aliphatic carbocycles. The normalized spacial score (nSPS) is 10.2. The van der Waals surface area contributed by atoms with Gasteiger partial charge in [0.05, 0.1) is 6.61 Å². The van der Waals surface area contributed by atoms with Gasteiger partial charge in [-0.3, -0.25) is 10.1 Å². The molecule has 5 heteroatoms. The highest BCUT2D eigenvalue weighted by Gasteiger charge is 1.97. The van der Waals surface area contributed by atoms with Crippen molar-refractivity contribution < 1.29 is 19.4 Å². The highest BCUT2D eigenvalue weighted by molar-refractivity contribution is 5.68. The summed E-state index contributed by atoms with van der Waals surface area (Å²) in [5.74, 6) is -0.856. The summed E-state index contributed by atoms with van der Waals surface area (Å²) in [6.45, 7) is 2.42. The highest BCUT2D eigenvalue weighted by Crippen LogP contribution is 1.90. The quantitative estimate of drug-likeness (QED) is 0.636. The molecule has 0 unspecified atom stereocenters. The Labute approximate surface area is 89.1 Å². The lowest BCUT2D eigenvalue weighted by Crippen LogP contribution is -2.18. The van der Waals surface area contributed by atoms with Gasteiger partial charge in [-0.05, 0) is 12.8 Å². The van der Waals surface area contributed by atoms with Gasteiger partial charge in [-0.15, -0.1) is 0 Å². The first-order chi connectivity index (χ1) is 7.16. The fourth-order valence-corrected chi connectivity index (χ4v) is 0.768. The number of carbonyl (C=O) groups excluding carboxylic acids is 1. The van der Waals surface area contributed by atoms with Crippen molar-refractivity contribution in [3.8, 4) is 0 Å². The average Bonchev–Trinajstić information content (AvgIpc) is 2.17. The van der Waals surface area contributed by atoms with E-state index in [-0.39, 0.29) is 6.42 Å². The molecule has 0 atom stereocenters. The van der Waals surface area contributed by atoms with Crippen molar-refractivity contribution >= 4 is 12.1 Å². The van der Waals surface area contributed by atoms with Crippen molar-refractivity contribution in [1.82, 2.24) is 5.32 Å². The summed E-state index contributed by atoms with van der Waals surface area (Å²) in [5.41, 5.74) is 0. The van der Waals surface area contributed by atoms with Gasteiger partial charge in [0.1, 0.15) is 0 Å². The zero-order chi connectivity index (χ0) is 11.5. The van der Waals surface area contributed by atoms with Gasteiger partial charge in [0.15, 0.2) is 0 Å². The molecule has 15 heavy (non-hydrogen) atoms. The molecule has 0 heterocycles. The topological polar surface area (TPSA) is 75.6 Å². The molecule has 5 nitrogen and oxygen atoms in total. The number of ether oxygens (including phenoxy) is 1. The predicted octanol–water partition coefficient (Wildman–Crippen LogP) is 1.89. The van der Waals surface area contributed by atoms with Crippen molar-refractivity contribution in [1.29, 1.82) is 0 Å². The number of aliphatic carboxylic acids is 1. The predicted molar refractivity (Wildman–Crippen MR) is 55.4 cm³/mol. The summed E-state index contributed by atoms with van der Waals surface area (Å²) in [4.78, 5) is 21.0. The van der Waals surface area contributed by atoms with Crippen molar-refractivity contribution in [2.45, 2.75) is 32.6 Å². The van der Waals surface area contributed by atoms with Crippen molar-refractivity contribution in [3.63, 3.8) is 0 Å². The van der Waals surface area contributed by atoms with Crippen molar-refractivity contribution in [2.75, 3.05) is 6.61 Å². The first-order valence-electron chi connectivity index (χ1n) is 4.97. The first kappa shape index (κ1) is 13.5. The zero-order valence-corrected chi connectivity index (χ0v) is 8.86. The van der Waals surface area contributed by atoms with Gasteiger partial charge in [-0.2, -0.15) is 0 Å². The smallest absolute Gasteiger partial charge is 0.411 e. The monoisotopic (exact) mass is 215 g/mol. The number of hydrogen-bond donors (Lipinski definition) is 2. The van der Waals surface area contributed by atoms with Crippen molar-refractivity contribution in [2.24, 2.45) is 0 Å². The van der Waals surface area contributed by atoms with E-state index in [4.69, 9.17) is 9.84 Å². The molecule has 0 radical (unpaired) electrons. The van der Waals surface area contributed by atoms with Crippen LogP contribution in [0.3, 0.4) is 0 Å². The molecular formula is C10H17NO4. The Bertz CT molecular complexity index is 225. The van der Waals surface area contributed by atoms with Crippen LogP contribution in [-0.4, -0.2) is 23.8 Å². The van der Waals surface area contributed by atoms with E-state index in [1.165, 1.54) is 6.20 Å². The Kier molecular flexibility index (Phi) is 8.13. The Morgan fingerprint density at radius 2 is 2.20 bits per heavy atom. The number of nitrogens with one attached hydrogen (secondary N) is 1. The fraction of sp³-hybridized carbons (Fsp3) is 0.600. The molecule has 1 amide bonds. The molecule has 0 spiro atoms. The largest absolute Gasteiger partial charge is 0.481 e. The molecule has 0 bridgehead atoms. The number of carboxylic acids is 1. The van der Waals surface area contributed by atoms with Crippen LogP contribution in [0.5, 0.6) is 0 Å². The summed E-state index contributed by atoms with van der Waals surface area (Å²) in [6, 6.07) is 0. The molecule has 2 N–H and O–H groups in total. The van der Waals surface area contributed by atoms with E-state index >= 15 is 0 Å². The standard InChI is InChI=1S/C10H17NO4/c1-2-3-8-15-10(14)11-7-5-4-6-9(12)13/h5,7H,2-4,6,8H2,1H3,(H,11,14)(H,12,13). The number of rotatable bonds is 7. The van der Waals surface area contributed by atoms with E-state index in [0.29, 0.717) is 13.0 Å². The van der Waals surface area contributed by atoms with Crippen LogP contribution in [0, 0.1) is 0 Å². The fourth-order valence-electron chi connectivity index (χ4n) is 0.768. The van der Waals surface area contributed by atoms with Crippen LogP contribution in [0.25, 0.3) is 0 Å². The van der Waals surface area contributed by atoms with Gasteiger partial charge in [-0.1, -0.05) is 19.4 Å². The summed E-state index contributed by atoms with van der Waals surface area (Å²) in [5, 5.41) is 10.7. The molecule has 0 aromatic heterocycles. The van der Waals surface area contributed by atoms with Crippen LogP contribution in [0.1, 0.15) is 32.6 Å². The second-order valence-electron chi connectivity index (χ2n) is 2.97. The van der Waals surface area contributed by atoms with Gasteiger partial charge in [-0.25, -0.2) is 4.79 Å². The Balaban J connectivity index is 3.40. The SMILES string of the molecule is CCCCOC(=O)NC=CCCC(=O)O. The highest BCUT2D eigenvalue weighted by atomic mass is 16.5. The first-order valence-corrected chi connectivity index (χ1v) is 4.97. The number of carboxylic acid groups (broad SMARTS) is 1. The number of unbranched alkanes of at least 4 members (excludes halogenated alkanes) is 1. The van der Waals surface area contributed by atoms with E-state index in [2.05, 4.69) is 5.32 Å². The molecule has 0 aromatic carbocycles. The second-order valence-corrected chi connectivity index (χ2v) is 2.97. The third kappa shape index (κ3) is 10.4.